The van der Waals surface area contributed by atoms with Gasteiger partial charge in [-0.15, -0.1) is 0 Å². The molecule has 5 nitrogen and oxygen atoms in total. The Morgan fingerprint density at radius 3 is 2.73 bits per heavy atom. The van der Waals surface area contributed by atoms with Gasteiger partial charge in [0.05, 0.1) is 0 Å². The number of ether oxygens (including phenoxy) is 2. The summed E-state index contributed by atoms with van der Waals surface area (Å²) in [6.45, 7) is 3.55. The third-order valence-electron chi connectivity index (χ3n) is 5.68. The minimum absolute atomic E-state index is 0.0938. The number of amides is 1. The van der Waals surface area contributed by atoms with Gasteiger partial charge in [-0.3, -0.25) is 9.69 Å². The van der Waals surface area contributed by atoms with Gasteiger partial charge >= 0.3 is 0 Å². The van der Waals surface area contributed by atoms with E-state index < -0.39 is 0 Å². The number of rotatable bonds is 5. The van der Waals surface area contributed by atoms with Gasteiger partial charge in [-0.05, 0) is 62.6 Å². The number of thioether (sulfide) groups is 1. The number of hydrogen-bond acceptors (Lipinski definition) is 5. The van der Waals surface area contributed by atoms with Crippen molar-refractivity contribution >= 4 is 23.4 Å². The van der Waals surface area contributed by atoms with Crippen molar-refractivity contribution in [2.45, 2.75) is 38.1 Å². The molecule has 3 heterocycles. The zero-order chi connectivity index (χ0) is 17.8. The van der Waals surface area contributed by atoms with Gasteiger partial charge in [0.15, 0.2) is 11.5 Å². The van der Waals surface area contributed by atoms with E-state index in [0.29, 0.717) is 31.3 Å². The average molecular weight is 377 g/mol. The second kappa shape index (κ2) is 8.53. The Hall–Kier alpha value is -1.40. The normalized spacial score (nSPS) is 23.8. The minimum atomic E-state index is 0.0938. The summed E-state index contributed by atoms with van der Waals surface area (Å²) in [4.78, 5) is 15.0. The molecule has 2 fully saturated rings. The zero-order valence-electron chi connectivity index (χ0n) is 15.2. The van der Waals surface area contributed by atoms with Gasteiger partial charge in [-0.1, -0.05) is 0 Å². The Morgan fingerprint density at radius 2 is 1.96 bits per heavy atom. The molecule has 1 N–H and O–H groups in total. The van der Waals surface area contributed by atoms with Crippen molar-refractivity contribution in [2.24, 2.45) is 5.92 Å². The molecule has 142 valence electrons. The fourth-order valence-corrected chi connectivity index (χ4v) is 5.35. The monoisotopic (exact) mass is 376 g/mol. The summed E-state index contributed by atoms with van der Waals surface area (Å²) in [5.74, 6) is 4.88. The minimum Gasteiger partial charge on any atom is -0.486 e. The van der Waals surface area contributed by atoms with E-state index in [0.717, 1.165) is 23.9 Å². The number of nitrogens with zero attached hydrogens (tertiary/aromatic N) is 1. The Balaban J connectivity index is 1.20. The van der Waals surface area contributed by atoms with Crippen LogP contribution in [0, 0.1) is 5.92 Å². The van der Waals surface area contributed by atoms with Gasteiger partial charge in [-0.25, -0.2) is 0 Å². The van der Waals surface area contributed by atoms with Crippen LogP contribution in [-0.4, -0.2) is 54.7 Å². The van der Waals surface area contributed by atoms with Crippen LogP contribution < -0.4 is 14.8 Å². The van der Waals surface area contributed by atoms with Crippen molar-refractivity contribution in [3.63, 3.8) is 0 Å². The summed E-state index contributed by atoms with van der Waals surface area (Å²) >= 11 is 2.09. The van der Waals surface area contributed by atoms with Crippen LogP contribution in [0.25, 0.3) is 0 Å². The number of fused-ring (bicyclic) bond motifs is 1. The summed E-state index contributed by atoms with van der Waals surface area (Å²) in [6, 6.07) is 6.40. The predicted molar refractivity (Wildman–Crippen MR) is 105 cm³/mol. The molecule has 1 atom stereocenters. The largest absolute Gasteiger partial charge is 0.486 e. The molecule has 0 aromatic heterocycles. The predicted octanol–water partition coefficient (Wildman–Crippen LogP) is 3.39. The van der Waals surface area contributed by atoms with E-state index >= 15 is 0 Å². The van der Waals surface area contributed by atoms with Crippen molar-refractivity contribution in [2.75, 3.05) is 43.1 Å². The molecule has 3 aliphatic rings. The van der Waals surface area contributed by atoms with Crippen LogP contribution >= 0.6 is 11.8 Å². The topological polar surface area (TPSA) is 50.8 Å². The third-order valence-corrected chi connectivity index (χ3v) is 6.82. The lowest BCUT2D eigenvalue weighted by Crippen LogP contribution is -2.41. The van der Waals surface area contributed by atoms with Crippen molar-refractivity contribution < 1.29 is 14.3 Å². The smallest absolute Gasteiger partial charge is 0.224 e. The first-order chi connectivity index (χ1) is 12.8. The molecule has 0 unspecified atom stereocenters. The number of likely N-dealkylation sites (tertiary alicyclic amines) is 1. The third kappa shape index (κ3) is 4.46. The number of nitrogens with one attached hydrogen (secondary N) is 1. The van der Waals surface area contributed by atoms with E-state index in [1.165, 1.54) is 43.9 Å². The number of carbonyl (C=O) groups excluding carboxylic acids is 1. The lowest BCUT2D eigenvalue weighted by Gasteiger charge is -2.35. The van der Waals surface area contributed by atoms with E-state index in [9.17, 15) is 4.79 Å². The molecule has 0 bridgehead atoms. The van der Waals surface area contributed by atoms with Crippen molar-refractivity contribution in [1.82, 2.24) is 4.90 Å². The zero-order valence-corrected chi connectivity index (χ0v) is 16.1. The van der Waals surface area contributed by atoms with E-state index in [1.807, 2.05) is 18.2 Å². The Kier molecular flexibility index (Phi) is 5.90. The van der Waals surface area contributed by atoms with Crippen molar-refractivity contribution in [3.05, 3.63) is 18.2 Å². The molecule has 6 heteroatoms. The van der Waals surface area contributed by atoms with Crippen LogP contribution in [0.5, 0.6) is 11.5 Å². The summed E-state index contributed by atoms with van der Waals surface area (Å²) < 4.78 is 11.1. The van der Waals surface area contributed by atoms with Gasteiger partial charge in [0, 0.05) is 30.0 Å². The van der Waals surface area contributed by atoms with Gasteiger partial charge in [0.25, 0.3) is 0 Å². The van der Waals surface area contributed by atoms with E-state index in [1.54, 1.807) is 0 Å². The lowest BCUT2D eigenvalue weighted by atomic mass is 9.91. The molecule has 0 radical (unpaired) electrons. The van der Waals surface area contributed by atoms with Crippen LogP contribution in [0.15, 0.2) is 18.2 Å². The van der Waals surface area contributed by atoms with Crippen LogP contribution in [-0.2, 0) is 4.79 Å². The number of anilines is 1. The van der Waals surface area contributed by atoms with Crippen LogP contribution in [0.4, 0.5) is 5.69 Å². The fourth-order valence-electron chi connectivity index (χ4n) is 4.10. The molecule has 1 aromatic rings. The molecule has 3 aliphatic heterocycles. The Labute approximate surface area is 159 Å². The molecule has 0 spiro atoms. The SMILES string of the molecule is O=C(CCC1CCN([C@H]2CCSC2)CC1)Nc1ccc2c(c1)OCCO2. The maximum atomic E-state index is 12.3. The van der Waals surface area contributed by atoms with E-state index in [2.05, 4.69) is 22.0 Å². The van der Waals surface area contributed by atoms with Gasteiger partial charge in [0.1, 0.15) is 13.2 Å². The standard InChI is InChI=1S/C20H28N2O3S/c23-20(21-16-2-3-18-19(13-16)25-11-10-24-18)4-1-15-5-8-22(9-6-15)17-7-12-26-14-17/h2-3,13,15,17H,1,4-12,14H2,(H,21,23)/t17-/m0/s1. The molecule has 4 rings (SSSR count). The highest BCUT2D eigenvalue weighted by molar-refractivity contribution is 7.99. The first-order valence-electron chi connectivity index (χ1n) is 9.79. The molecule has 0 saturated carbocycles. The average Bonchev–Trinajstić information content (AvgIpc) is 3.21. The van der Waals surface area contributed by atoms with E-state index in [-0.39, 0.29) is 5.91 Å². The molecule has 2 saturated heterocycles. The van der Waals surface area contributed by atoms with Gasteiger partial charge < -0.3 is 14.8 Å². The van der Waals surface area contributed by atoms with Crippen LogP contribution in [0.3, 0.4) is 0 Å². The Bertz CT molecular complexity index is 625. The highest BCUT2D eigenvalue weighted by atomic mass is 32.2. The van der Waals surface area contributed by atoms with Gasteiger partial charge in [-0.2, -0.15) is 11.8 Å². The molecule has 26 heavy (non-hydrogen) atoms. The summed E-state index contributed by atoms with van der Waals surface area (Å²) in [5, 5.41) is 3.00. The molecular weight excluding hydrogens is 348 g/mol. The van der Waals surface area contributed by atoms with Crippen molar-refractivity contribution in [3.8, 4) is 11.5 Å². The van der Waals surface area contributed by atoms with Crippen LogP contribution in [0.1, 0.15) is 32.1 Å². The quantitative estimate of drug-likeness (QED) is 0.854. The van der Waals surface area contributed by atoms with Crippen LogP contribution in [0.2, 0.25) is 0 Å². The number of hydrogen-bond donors (Lipinski definition) is 1. The number of piperidine rings is 1. The summed E-state index contributed by atoms with van der Waals surface area (Å²) in [6.07, 6.45) is 5.41. The van der Waals surface area contributed by atoms with Crippen molar-refractivity contribution in [1.29, 1.82) is 0 Å². The molecular formula is C20H28N2O3S. The molecule has 1 aromatic carbocycles. The Morgan fingerprint density at radius 1 is 1.15 bits per heavy atom. The highest BCUT2D eigenvalue weighted by Crippen LogP contribution is 2.33. The summed E-state index contributed by atoms with van der Waals surface area (Å²) in [7, 11) is 0. The molecule has 0 aliphatic carbocycles. The first-order valence-corrected chi connectivity index (χ1v) is 10.9. The second-order valence-corrected chi connectivity index (χ2v) is 8.59. The fraction of sp³-hybridized carbons (Fsp3) is 0.650. The second-order valence-electron chi connectivity index (χ2n) is 7.44. The number of carbonyl (C=O) groups is 1. The summed E-state index contributed by atoms with van der Waals surface area (Å²) in [5.41, 5.74) is 0.785. The lowest BCUT2D eigenvalue weighted by molar-refractivity contribution is -0.116. The van der Waals surface area contributed by atoms with Gasteiger partial charge in [0.2, 0.25) is 5.91 Å². The maximum Gasteiger partial charge on any atom is 0.224 e. The number of benzene rings is 1. The highest BCUT2D eigenvalue weighted by Gasteiger charge is 2.27. The first kappa shape index (κ1) is 18.0. The van der Waals surface area contributed by atoms with E-state index in [4.69, 9.17) is 9.47 Å². The molecule has 1 amide bonds. The maximum absolute atomic E-state index is 12.3.